The molecule has 0 atom stereocenters. The van der Waals surface area contributed by atoms with Crippen LogP contribution in [0, 0.1) is 13.8 Å². The summed E-state index contributed by atoms with van der Waals surface area (Å²) in [7, 11) is 0. The molecule has 0 aliphatic rings. The van der Waals surface area contributed by atoms with Gasteiger partial charge in [0.05, 0.1) is 11.2 Å². The number of benzene rings is 2. The summed E-state index contributed by atoms with van der Waals surface area (Å²) in [6, 6.07) is 17.1. The van der Waals surface area contributed by atoms with Crippen LogP contribution in [-0.4, -0.2) is 4.98 Å². The molecule has 1 heteroatoms. The van der Waals surface area contributed by atoms with Gasteiger partial charge < -0.3 is 0 Å². The molecule has 0 fully saturated rings. The van der Waals surface area contributed by atoms with E-state index >= 15 is 0 Å². The van der Waals surface area contributed by atoms with Gasteiger partial charge in [-0.1, -0.05) is 55.0 Å². The van der Waals surface area contributed by atoms with Crippen molar-refractivity contribution in [2.75, 3.05) is 0 Å². The fourth-order valence-corrected chi connectivity index (χ4v) is 2.82. The average molecular weight is 261 g/mol. The van der Waals surface area contributed by atoms with E-state index in [1.807, 2.05) is 0 Å². The summed E-state index contributed by atoms with van der Waals surface area (Å²) in [6.45, 7) is 6.52. The molecular formula is C19H19N. The Morgan fingerprint density at radius 2 is 1.60 bits per heavy atom. The van der Waals surface area contributed by atoms with Gasteiger partial charge in [0.25, 0.3) is 0 Å². The maximum Gasteiger partial charge on any atom is 0.0741 e. The van der Waals surface area contributed by atoms with Gasteiger partial charge in [0.15, 0.2) is 0 Å². The molecule has 1 heterocycles. The molecule has 0 N–H and O–H groups in total. The molecule has 0 amide bonds. The lowest BCUT2D eigenvalue weighted by molar-refractivity contribution is 1.11. The van der Waals surface area contributed by atoms with Gasteiger partial charge in [-0.15, -0.1) is 0 Å². The van der Waals surface area contributed by atoms with Crippen LogP contribution in [0.1, 0.15) is 23.6 Å². The third kappa shape index (κ3) is 2.09. The summed E-state index contributed by atoms with van der Waals surface area (Å²) in [4.78, 5) is 4.88. The fraction of sp³-hybridized carbons (Fsp3) is 0.211. The second-order valence-electron chi connectivity index (χ2n) is 5.30. The van der Waals surface area contributed by atoms with E-state index < -0.39 is 0 Å². The van der Waals surface area contributed by atoms with E-state index in [2.05, 4.69) is 69.3 Å². The third-order valence-electron chi connectivity index (χ3n) is 3.95. The molecule has 3 rings (SSSR count). The Labute approximate surface area is 120 Å². The highest BCUT2D eigenvalue weighted by molar-refractivity contribution is 5.87. The van der Waals surface area contributed by atoms with Crippen LogP contribution in [0.2, 0.25) is 0 Å². The summed E-state index contributed by atoms with van der Waals surface area (Å²) in [5.74, 6) is 0. The van der Waals surface area contributed by atoms with Crippen molar-refractivity contribution >= 4 is 10.9 Å². The number of hydrogen-bond donors (Lipinski definition) is 0. The van der Waals surface area contributed by atoms with Crippen LogP contribution in [-0.2, 0) is 6.42 Å². The minimum absolute atomic E-state index is 1.04. The predicted octanol–water partition coefficient (Wildman–Crippen LogP) is 5.08. The SMILES string of the molecule is CCc1c(C)c(-c2ccc(C)cc2)nc2ccccc12. The number of fused-ring (bicyclic) bond motifs is 1. The average Bonchev–Trinajstić information content (AvgIpc) is 2.48. The van der Waals surface area contributed by atoms with Gasteiger partial charge in [-0.3, -0.25) is 0 Å². The smallest absolute Gasteiger partial charge is 0.0741 e. The Hall–Kier alpha value is -2.15. The fourth-order valence-electron chi connectivity index (χ4n) is 2.82. The number of nitrogens with zero attached hydrogens (tertiary/aromatic N) is 1. The Bertz CT molecular complexity index is 755. The largest absolute Gasteiger partial charge is 0.247 e. The van der Waals surface area contributed by atoms with E-state index in [0.717, 1.165) is 17.6 Å². The zero-order chi connectivity index (χ0) is 14.1. The Balaban J connectivity index is 2.31. The second kappa shape index (κ2) is 5.09. The summed E-state index contributed by atoms with van der Waals surface area (Å²) in [5, 5.41) is 1.28. The first-order valence-electron chi connectivity index (χ1n) is 7.16. The molecule has 20 heavy (non-hydrogen) atoms. The maximum atomic E-state index is 4.88. The lowest BCUT2D eigenvalue weighted by Crippen LogP contribution is -1.97. The molecule has 0 radical (unpaired) electrons. The van der Waals surface area contributed by atoms with Gasteiger partial charge in [0, 0.05) is 10.9 Å². The normalized spacial score (nSPS) is 10.9. The molecule has 0 aliphatic heterocycles. The molecule has 0 spiro atoms. The van der Waals surface area contributed by atoms with Gasteiger partial charge in [-0.25, -0.2) is 4.98 Å². The quantitative estimate of drug-likeness (QED) is 0.626. The summed E-state index contributed by atoms with van der Waals surface area (Å²) >= 11 is 0. The molecule has 2 aromatic carbocycles. The van der Waals surface area contributed by atoms with Crippen molar-refractivity contribution in [3.8, 4) is 11.3 Å². The van der Waals surface area contributed by atoms with Crippen molar-refractivity contribution in [2.24, 2.45) is 0 Å². The van der Waals surface area contributed by atoms with Crippen molar-refractivity contribution in [1.29, 1.82) is 0 Å². The van der Waals surface area contributed by atoms with Crippen molar-refractivity contribution in [1.82, 2.24) is 4.98 Å². The van der Waals surface area contributed by atoms with E-state index in [4.69, 9.17) is 4.98 Å². The third-order valence-corrected chi connectivity index (χ3v) is 3.95. The highest BCUT2D eigenvalue weighted by Crippen LogP contribution is 2.29. The molecule has 1 aromatic heterocycles. The van der Waals surface area contributed by atoms with Gasteiger partial charge in [-0.05, 0) is 37.5 Å². The lowest BCUT2D eigenvalue weighted by atomic mass is 9.96. The number of hydrogen-bond acceptors (Lipinski definition) is 1. The van der Waals surface area contributed by atoms with E-state index in [1.165, 1.54) is 27.6 Å². The number of aryl methyl sites for hydroxylation is 2. The summed E-state index contributed by atoms with van der Waals surface area (Å²) in [5.41, 5.74) is 7.39. The molecule has 0 unspecified atom stereocenters. The zero-order valence-corrected chi connectivity index (χ0v) is 12.3. The van der Waals surface area contributed by atoms with E-state index in [-0.39, 0.29) is 0 Å². The van der Waals surface area contributed by atoms with Gasteiger partial charge >= 0.3 is 0 Å². The van der Waals surface area contributed by atoms with Gasteiger partial charge in [0.1, 0.15) is 0 Å². The number of rotatable bonds is 2. The van der Waals surface area contributed by atoms with Crippen molar-refractivity contribution in [3.63, 3.8) is 0 Å². The van der Waals surface area contributed by atoms with Crippen LogP contribution in [0.5, 0.6) is 0 Å². The first-order valence-corrected chi connectivity index (χ1v) is 7.16. The Morgan fingerprint density at radius 3 is 2.30 bits per heavy atom. The van der Waals surface area contributed by atoms with E-state index in [9.17, 15) is 0 Å². The van der Waals surface area contributed by atoms with Crippen LogP contribution in [0.3, 0.4) is 0 Å². The van der Waals surface area contributed by atoms with Gasteiger partial charge in [0.2, 0.25) is 0 Å². The zero-order valence-electron chi connectivity index (χ0n) is 12.3. The maximum absolute atomic E-state index is 4.88. The minimum Gasteiger partial charge on any atom is -0.247 e. The summed E-state index contributed by atoms with van der Waals surface area (Å²) < 4.78 is 0. The van der Waals surface area contributed by atoms with E-state index in [0.29, 0.717) is 0 Å². The topological polar surface area (TPSA) is 12.9 Å². The van der Waals surface area contributed by atoms with Crippen molar-refractivity contribution < 1.29 is 0 Å². The van der Waals surface area contributed by atoms with Crippen LogP contribution in [0.25, 0.3) is 22.2 Å². The molecular weight excluding hydrogens is 242 g/mol. The number of aromatic nitrogens is 1. The monoisotopic (exact) mass is 261 g/mol. The van der Waals surface area contributed by atoms with Crippen LogP contribution in [0.15, 0.2) is 48.5 Å². The Morgan fingerprint density at radius 1 is 0.900 bits per heavy atom. The highest BCUT2D eigenvalue weighted by Gasteiger charge is 2.11. The first-order chi connectivity index (χ1) is 9.70. The number of pyridine rings is 1. The van der Waals surface area contributed by atoms with E-state index in [1.54, 1.807) is 0 Å². The molecule has 100 valence electrons. The van der Waals surface area contributed by atoms with Crippen molar-refractivity contribution in [3.05, 3.63) is 65.2 Å². The molecule has 0 aliphatic carbocycles. The second-order valence-corrected chi connectivity index (χ2v) is 5.30. The highest BCUT2D eigenvalue weighted by atomic mass is 14.7. The van der Waals surface area contributed by atoms with Crippen LogP contribution in [0.4, 0.5) is 0 Å². The summed E-state index contributed by atoms with van der Waals surface area (Å²) in [6.07, 6.45) is 1.04. The van der Waals surface area contributed by atoms with Crippen molar-refractivity contribution in [2.45, 2.75) is 27.2 Å². The lowest BCUT2D eigenvalue weighted by Gasteiger charge is -2.13. The number of para-hydroxylation sites is 1. The predicted molar refractivity (Wildman–Crippen MR) is 86.0 cm³/mol. The van der Waals surface area contributed by atoms with Crippen LogP contribution < -0.4 is 0 Å². The minimum atomic E-state index is 1.04. The molecule has 1 nitrogen and oxygen atoms in total. The molecule has 3 aromatic rings. The standard InChI is InChI=1S/C19H19N/c1-4-16-14(3)19(15-11-9-13(2)10-12-15)20-18-8-6-5-7-17(16)18/h5-12H,4H2,1-3H3. The molecule has 0 saturated heterocycles. The first kappa shape index (κ1) is 12.9. The Kier molecular flexibility index (Phi) is 3.27. The molecule has 0 bridgehead atoms. The molecule has 0 saturated carbocycles. The van der Waals surface area contributed by atoms with Crippen LogP contribution >= 0.6 is 0 Å². The van der Waals surface area contributed by atoms with Gasteiger partial charge in [-0.2, -0.15) is 0 Å².